The molecule has 1 amide bonds. The summed E-state index contributed by atoms with van der Waals surface area (Å²) in [6, 6.07) is 3.57. The van der Waals surface area contributed by atoms with Crippen LogP contribution in [0.25, 0.3) is 0 Å². The van der Waals surface area contributed by atoms with Crippen molar-refractivity contribution in [3.05, 3.63) is 27.7 Å². The Morgan fingerprint density at radius 3 is 2.60 bits per heavy atom. The summed E-state index contributed by atoms with van der Waals surface area (Å²) in [6.45, 7) is 1.88. The number of thiocarbonyl (C=S) groups is 1. The molecule has 2 N–H and O–H groups in total. The monoisotopic (exact) mass is 330 g/mol. The quantitative estimate of drug-likeness (QED) is 0.794. The largest absolute Gasteiger partial charge is 0.330 e. The van der Waals surface area contributed by atoms with E-state index in [1.165, 1.54) is 0 Å². The number of carbonyl (C=O) groups is 1. The first kappa shape index (κ1) is 15.5. The number of hydrogen-bond donors (Lipinski definition) is 2. The van der Waals surface area contributed by atoms with E-state index in [0.717, 1.165) is 31.2 Å². The predicted molar refractivity (Wildman–Crippen MR) is 87.5 cm³/mol. The molecule has 1 aliphatic carbocycles. The van der Waals surface area contributed by atoms with Crippen molar-refractivity contribution in [1.29, 1.82) is 0 Å². The molecule has 2 rings (SSSR count). The molecule has 0 aromatic heterocycles. The molecule has 1 aliphatic rings. The van der Waals surface area contributed by atoms with Crippen LogP contribution in [0.4, 0.5) is 5.69 Å². The molecule has 0 spiro atoms. The topological polar surface area (TPSA) is 41.1 Å². The first-order valence-electron chi connectivity index (χ1n) is 6.55. The molecule has 1 aromatic rings. The Labute approximate surface area is 134 Å². The number of hydrogen-bond acceptors (Lipinski definition) is 2. The zero-order valence-corrected chi connectivity index (χ0v) is 13.5. The number of amides is 1. The molecule has 1 fully saturated rings. The minimum absolute atomic E-state index is 0.0279. The number of carbonyl (C=O) groups excluding carboxylic acids is 1. The van der Waals surface area contributed by atoms with Crippen LogP contribution >= 0.6 is 35.4 Å². The van der Waals surface area contributed by atoms with E-state index < -0.39 is 0 Å². The molecule has 20 heavy (non-hydrogen) atoms. The normalized spacial score (nSPS) is 15.2. The Kier molecular flexibility index (Phi) is 5.24. The Balaban J connectivity index is 2.01. The molecule has 6 heteroatoms. The van der Waals surface area contributed by atoms with Crippen molar-refractivity contribution in [3.8, 4) is 0 Å². The van der Waals surface area contributed by atoms with Crippen LogP contribution in [0.2, 0.25) is 10.0 Å². The number of halogens is 2. The van der Waals surface area contributed by atoms with E-state index in [4.69, 9.17) is 35.4 Å². The third-order valence-corrected chi connectivity index (χ3v) is 4.49. The van der Waals surface area contributed by atoms with Crippen LogP contribution in [0, 0.1) is 12.8 Å². The van der Waals surface area contributed by atoms with E-state index in [1.54, 1.807) is 6.07 Å². The average molecular weight is 331 g/mol. The summed E-state index contributed by atoms with van der Waals surface area (Å²) in [4.78, 5) is 12.0. The van der Waals surface area contributed by atoms with Gasteiger partial charge in [-0.2, -0.15) is 0 Å². The van der Waals surface area contributed by atoms with Crippen LogP contribution in [0.3, 0.4) is 0 Å². The lowest BCUT2D eigenvalue weighted by molar-refractivity contribution is -0.123. The van der Waals surface area contributed by atoms with Gasteiger partial charge in [-0.25, -0.2) is 0 Å². The van der Waals surface area contributed by atoms with E-state index in [-0.39, 0.29) is 16.9 Å². The van der Waals surface area contributed by atoms with Gasteiger partial charge >= 0.3 is 0 Å². The highest BCUT2D eigenvalue weighted by atomic mass is 35.5. The number of anilines is 1. The first-order chi connectivity index (χ1) is 9.49. The second kappa shape index (κ2) is 6.74. The Morgan fingerprint density at radius 2 is 1.95 bits per heavy atom. The van der Waals surface area contributed by atoms with Crippen LogP contribution in [0.5, 0.6) is 0 Å². The third kappa shape index (κ3) is 3.62. The minimum atomic E-state index is -0.0279. The van der Waals surface area contributed by atoms with Crippen molar-refractivity contribution < 1.29 is 4.79 Å². The average Bonchev–Trinajstić information content (AvgIpc) is 2.93. The van der Waals surface area contributed by atoms with Gasteiger partial charge in [0.2, 0.25) is 5.91 Å². The van der Waals surface area contributed by atoms with E-state index in [9.17, 15) is 4.79 Å². The van der Waals surface area contributed by atoms with Gasteiger partial charge in [0, 0.05) is 5.92 Å². The molecular formula is C14H16Cl2N2OS. The fourth-order valence-electron chi connectivity index (χ4n) is 2.32. The third-order valence-electron chi connectivity index (χ3n) is 3.49. The highest BCUT2D eigenvalue weighted by Gasteiger charge is 2.23. The number of aryl methyl sites for hydroxylation is 1. The molecule has 1 saturated carbocycles. The van der Waals surface area contributed by atoms with Gasteiger partial charge < -0.3 is 10.6 Å². The van der Waals surface area contributed by atoms with Gasteiger partial charge in [0.1, 0.15) is 0 Å². The highest BCUT2D eigenvalue weighted by molar-refractivity contribution is 7.80. The SMILES string of the molecule is Cc1ccc(Cl)c(NC(=S)NC(=O)C2CCCC2)c1Cl. The van der Waals surface area contributed by atoms with Gasteiger partial charge in [0.05, 0.1) is 15.7 Å². The first-order valence-corrected chi connectivity index (χ1v) is 7.72. The molecular weight excluding hydrogens is 315 g/mol. The minimum Gasteiger partial charge on any atom is -0.330 e. The molecule has 0 bridgehead atoms. The lowest BCUT2D eigenvalue weighted by Gasteiger charge is -2.15. The zero-order chi connectivity index (χ0) is 14.7. The van der Waals surface area contributed by atoms with Gasteiger partial charge in [-0.1, -0.05) is 42.1 Å². The second-order valence-corrected chi connectivity index (χ2v) is 6.17. The van der Waals surface area contributed by atoms with E-state index >= 15 is 0 Å². The summed E-state index contributed by atoms with van der Waals surface area (Å²) >= 11 is 17.4. The van der Waals surface area contributed by atoms with E-state index in [1.807, 2.05) is 13.0 Å². The molecule has 3 nitrogen and oxygen atoms in total. The summed E-state index contributed by atoms with van der Waals surface area (Å²) < 4.78 is 0. The van der Waals surface area contributed by atoms with Crippen molar-refractivity contribution in [2.24, 2.45) is 5.92 Å². The van der Waals surface area contributed by atoms with Crippen molar-refractivity contribution in [2.75, 3.05) is 5.32 Å². The number of rotatable bonds is 2. The van der Waals surface area contributed by atoms with Crippen molar-refractivity contribution in [1.82, 2.24) is 5.32 Å². The van der Waals surface area contributed by atoms with Gasteiger partial charge in [-0.15, -0.1) is 0 Å². The predicted octanol–water partition coefficient (Wildman–Crippen LogP) is 4.31. The maximum atomic E-state index is 12.0. The maximum absolute atomic E-state index is 12.0. The summed E-state index contributed by atoms with van der Waals surface area (Å²) in [5.74, 6) is 0.0399. The van der Waals surface area contributed by atoms with E-state index in [2.05, 4.69) is 10.6 Å². The molecule has 1 aromatic carbocycles. The standard InChI is InChI=1S/C14H16Cl2N2OS/c1-8-6-7-10(15)12(11(8)16)17-14(20)18-13(19)9-4-2-3-5-9/h6-7,9H,2-5H2,1H3,(H2,17,18,19,20). The lowest BCUT2D eigenvalue weighted by atomic mass is 10.1. The summed E-state index contributed by atoms with van der Waals surface area (Å²) in [6.07, 6.45) is 4.07. The van der Waals surface area contributed by atoms with E-state index in [0.29, 0.717) is 15.7 Å². The van der Waals surface area contributed by atoms with Crippen LogP contribution in [-0.2, 0) is 4.79 Å². The molecule has 0 atom stereocenters. The van der Waals surface area contributed by atoms with Crippen molar-refractivity contribution >= 4 is 52.1 Å². The Morgan fingerprint density at radius 1 is 1.30 bits per heavy atom. The lowest BCUT2D eigenvalue weighted by Crippen LogP contribution is -2.37. The van der Waals surface area contributed by atoms with Gasteiger partial charge in [-0.3, -0.25) is 4.79 Å². The molecule has 0 aliphatic heterocycles. The van der Waals surface area contributed by atoms with Crippen molar-refractivity contribution in [3.63, 3.8) is 0 Å². The van der Waals surface area contributed by atoms with Crippen LogP contribution in [0.1, 0.15) is 31.2 Å². The second-order valence-electron chi connectivity index (χ2n) is 4.98. The summed E-state index contributed by atoms with van der Waals surface area (Å²) in [7, 11) is 0. The number of benzene rings is 1. The smallest absolute Gasteiger partial charge is 0.229 e. The van der Waals surface area contributed by atoms with Gasteiger partial charge in [0.15, 0.2) is 5.11 Å². The molecule has 0 unspecified atom stereocenters. The molecule has 0 heterocycles. The molecule has 0 saturated heterocycles. The van der Waals surface area contributed by atoms with Crippen LogP contribution < -0.4 is 10.6 Å². The van der Waals surface area contributed by atoms with Gasteiger partial charge in [-0.05, 0) is 43.6 Å². The van der Waals surface area contributed by atoms with Crippen LogP contribution in [-0.4, -0.2) is 11.0 Å². The highest BCUT2D eigenvalue weighted by Crippen LogP contribution is 2.32. The Bertz CT molecular complexity index is 542. The fourth-order valence-corrected chi connectivity index (χ4v) is 2.99. The maximum Gasteiger partial charge on any atom is 0.229 e. The molecule has 108 valence electrons. The summed E-state index contributed by atoms with van der Waals surface area (Å²) in [5.41, 5.74) is 1.42. The summed E-state index contributed by atoms with van der Waals surface area (Å²) in [5, 5.41) is 6.83. The number of nitrogens with one attached hydrogen (secondary N) is 2. The molecule has 0 radical (unpaired) electrons. The zero-order valence-electron chi connectivity index (χ0n) is 11.1. The Hall–Kier alpha value is -0.840. The van der Waals surface area contributed by atoms with Gasteiger partial charge in [0.25, 0.3) is 0 Å². The fraction of sp³-hybridized carbons (Fsp3) is 0.429. The van der Waals surface area contributed by atoms with Crippen LogP contribution in [0.15, 0.2) is 12.1 Å². The van der Waals surface area contributed by atoms with Crippen molar-refractivity contribution in [2.45, 2.75) is 32.6 Å².